The molecule has 2 aliphatic rings. The van der Waals surface area contributed by atoms with Gasteiger partial charge >= 0.3 is 0 Å². The second-order valence-electron chi connectivity index (χ2n) is 6.06. The molecule has 0 spiro atoms. The minimum absolute atomic E-state index is 0.0750. The van der Waals surface area contributed by atoms with Crippen molar-refractivity contribution in [1.82, 2.24) is 4.98 Å². The van der Waals surface area contributed by atoms with Crippen molar-refractivity contribution in [1.29, 1.82) is 0 Å². The lowest BCUT2D eigenvalue weighted by Crippen LogP contribution is -2.14. The molecule has 3 aromatic rings. The fourth-order valence-corrected chi connectivity index (χ4v) is 3.06. The van der Waals surface area contributed by atoms with Gasteiger partial charge < -0.3 is 19.7 Å². The van der Waals surface area contributed by atoms with Crippen LogP contribution in [-0.2, 0) is 9.57 Å². The number of aliphatic imine (C=N–C) groups is 1. The number of nitrogens with zero attached hydrogens (tertiary/aromatic N) is 2. The first-order valence-electron chi connectivity index (χ1n) is 8.11. The quantitative estimate of drug-likeness (QED) is 0.568. The predicted octanol–water partition coefficient (Wildman–Crippen LogP) is 3.13. The van der Waals surface area contributed by atoms with Crippen LogP contribution in [0.5, 0.6) is 5.88 Å². The molecule has 2 aliphatic heterocycles. The third kappa shape index (κ3) is 2.38. The summed E-state index contributed by atoms with van der Waals surface area (Å²) in [6.07, 6.45) is 0.128. The number of hydrogen-bond acceptors (Lipinski definition) is 5. The molecule has 2 N–H and O–H groups in total. The molecule has 6 nitrogen and oxygen atoms in total. The smallest absolute Gasteiger partial charge is 0.199 e. The van der Waals surface area contributed by atoms with Crippen LogP contribution in [0.25, 0.3) is 10.9 Å². The number of aromatic nitrogens is 1. The molecule has 1 fully saturated rings. The summed E-state index contributed by atoms with van der Waals surface area (Å²) in [7, 11) is 0. The molecule has 25 heavy (non-hydrogen) atoms. The van der Waals surface area contributed by atoms with Gasteiger partial charge in [0.05, 0.1) is 17.9 Å². The Bertz CT molecular complexity index is 1030. The third-order valence-corrected chi connectivity index (χ3v) is 4.36. The highest BCUT2D eigenvalue weighted by atomic mass is 16.7. The van der Waals surface area contributed by atoms with Gasteiger partial charge in [0.1, 0.15) is 24.1 Å². The number of hydrogen-bond donors (Lipinski definition) is 2. The van der Waals surface area contributed by atoms with E-state index in [0.717, 1.165) is 22.2 Å². The Balaban J connectivity index is 1.64. The molecular weight excluding hydrogens is 318 g/mol. The summed E-state index contributed by atoms with van der Waals surface area (Å²) >= 11 is 0. The van der Waals surface area contributed by atoms with E-state index in [1.54, 1.807) is 0 Å². The van der Waals surface area contributed by atoms with E-state index in [4.69, 9.17) is 14.6 Å². The maximum absolute atomic E-state index is 10.5. The lowest BCUT2D eigenvalue weighted by molar-refractivity contribution is 0.125. The molecule has 0 radical (unpaired) electrons. The van der Waals surface area contributed by atoms with Crippen LogP contribution in [0.3, 0.4) is 0 Å². The van der Waals surface area contributed by atoms with E-state index in [9.17, 15) is 5.11 Å². The fraction of sp³-hybridized carbons (Fsp3) is 0.158. The van der Waals surface area contributed by atoms with Gasteiger partial charge in [0.2, 0.25) is 0 Å². The summed E-state index contributed by atoms with van der Waals surface area (Å²) in [6.45, 7) is 1.13. The van der Waals surface area contributed by atoms with Gasteiger partial charge in [-0.3, -0.25) is 0 Å². The van der Waals surface area contributed by atoms with E-state index in [1.165, 1.54) is 0 Å². The standard InChI is InChI=1S/C19H15N3O3/c23-19-16(12-5-1-3-7-14(12)21-19)18-17(22-25-10-11-9-24-11)13-6-2-4-8-15(13)20-18/h1-8,11,21,23H,9-10H2/b22-17+. The Morgan fingerprint density at radius 1 is 1.20 bits per heavy atom. The van der Waals surface area contributed by atoms with Gasteiger partial charge in [-0.2, -0.15) is 0 Å². The zero-order valence-electron chi connectivity index (χ0n) is 13.3. The van der Waals surface area contributed by atoms with Crippen molar-refractivity contribution in [2.24, 2.45) is 10.1 Å². The first kappa shape index (κ1) is 14.2. The fourth-order valence-electron chi connectivity index (χ4n) is 3.06. The maximum Gasteiger partial charge on any atom is 0.199 e. The SMILES string of the molecule is Oc1[nH]c2ccccc2c1C1=Nc2ccccc2/C1=N\OCC1CO1. The van der Waals surface area contributed by atoms with Crippen LogP contribution < -0.4 is 0 Å². The number of aromatic hydroxyl groups is 1. The molecule has 1 unspecified atom stereocenters. The van der Waals surface area contributed by atoms with E-state index in [1.807, 2.05) is 48.5 Å². The van der Waals surface area contributed by atoms with Crippen molar-refractivity contribution in [3.63, 3.8) is 0 Å². The number of nitrogens with one attached hydrogen (secondary N) is 1. The molecule has 1 saturated heterocycles. The highest BCUT2D eigenvalue weighted by molar-refractivity contribution is 6.58. The molecule has 6 heteroatoms. The predicted molar refractivity (Wildman–Crippen MR) is 94.8 cm³/mol. The number of para-hydroxylation sites is 2. The van der Waals surface area contributed by atoms with Gasteiger partial charge in [-0.25, -0.2) is 4.99 Å². The summed E-state index contributed by atoms with van der Waals surface area (Å²) in [6, 6.07) is 15.5. The Hall–Kier alpha value is -3.12. The lowest BCUT2D eigenvalue weighted by Gasteiger charge is -2.04. The highest BCUT2D eigenvalue weighted by Gasteiger charge is 2.29. The molecular formula is C19H15N3O3. The normalized spacial score (nSPS) is 19.9. The zero-order chi connectivity index (χ0) is 16.8. The Kier molecular flexibility index (Phi) is 3.11. The van der Waals surface area contributed by atoms with Crippen molar-refractivity contribution < 1.29 is 14.7 Å². The van der Waals surface area contributed by atoms with Crippen LogP contribution in [0.4, 0.5) is 5.69 Å². The monoisotopic (exact) mass is 333 g/mol. The minimum atomic E-state index is 0.0750. The van der Waals surface area contributed by atoms with Crippen molar-refractivity contribution in [3.8, 4) is 5.88 Å². The topological polar surface area (TPSA) is 82.5 Å². The summed E-state index contributed by atoms with van der Waals surface area (Å²) in [5, 5.41) is 15.7. The summed E-state index contributed by atoms with van der Waals surface area (Å²) in [5.41, 5.74) is 4.41. The summed E-state index contributed by atoms with van der Waals surface area (Å²) < 4.78 is 5.15. The molecule has 2 aromatic carbocycles. The van der Waals surface area contributed by atoms with E-state index >= 15 is 0 Å². The molecule has 1 atom stereocenters. The number of benzene rings is 2. The van der Waals surface area contributed by atoms with Crippen molar-refractivity contribution >= 4 is 28.0 Å². The molecule has 3 heterocycles. The number of fused-ring (bicyclic) bond motifs is 2. The van der Waals surface area contributed by atoms with Crippen LogP contribution >= 0.6 is 0 Å². The van der Waals surface area contributed by atoms with Crippen molar-refractivity contribution in [2.45, 2.75) is 6.10 Å². The van der Waals surface area contributed by atoms with Crippen LogP contribution in [0.2, 0.25) is 0 Å². The van der Waals surface area contributed by atoms with Gasteiger partial charge in [0.15, 0.2) is 5.88 Å². The number of oxime groups is 1. The van der Waals surface area contributed by atoms with Gasteiger partial charge in [-0.05, 0) is 12.1 Å². The Labute approximate surface area is 143 Å². The summed E-state index contributed by atoms with van der Waals surface area (Å²) in [5.74, 6) is 0.0750. The molecule has 0 amide bonds. The molecule has 1 aromatic heterocycles. The highest BCUT2D eigenvalue weighted by Crippen LogP contribution is 2.35. The number of rotatable bonds is 4. The Morgan fingerprint density at radius 3 is 2.88 bits per heavy atom. The molecule has 0 aliphatic carbocycles. The van der Waals surface area contributed by atoms with E-state index < -0.39 is 0 Å². The van der Waals surface area contributed by atoms with E-state index in [-0.39, 0.29) is 12.0 Å². The van der Waals surface area contributed by atoms with Gasteiger partial charge in [0.25, 0.3) is 0 Å². The maximum atomic E-state index is 10.5. The zero-order valence-corrected chi connectivity index (χ0v) is 13.3. The number of aromatic amines is 1. The minimum Gasteiger partial charge on any atom is -0.494 e. The summed E-state index contributed by atoms with van der Waals surface area (Å²) in [4.78, 5) is 13.2. The Morgan fingerprint density at radius 2 is 2.00 bits per heavy atom. The van der Waals surface area contributed by atoms with Gasteiger partial charge in [0, 0.05) is 16.5 Å². The first-order valence-corrected chi connectivity index (χ1v) is 8.11. The number of H-pyrrole nitrogens is 1. The van der Waals surface area contributed by atoms with Gasteiger partial charge in [-0.15, -0.1) is 0 Å². The van der Waals surface area contributed by atoms with Gasteiger partial charge in [-0.1, -0.05) is 41.6 Å². The van der Waals surface area contributed by atoms with E-state index in [0.29, 0.717) is 30.2 Å². The number of ether oxygens (including phenoxy) is 1. The van der Waals surface area contributed by atoms with Crippen LogP contribution in [0.15, 0.2) is 58.7 Å². The van der Waals surface area contributed by atoms with Crippen LogP contribution in [-0.4, -0.2) is 40.8 Å². The third-order valence-electron chi connectivity index (χ3n) is 4.36. The molecule has 5 rings (SSSR count). The molecule has 124 valence electrons. The van der Waals surface area contributed by atoms with Crippen LogP contribution in [0.1, 0.15) is 11.1 Å². The first-order chi connectivity index (χ1) is 12.3. The van der Waals surface area contributed by atoms with Crippen molar-refractivity contribution in [3.05, 3.63) is 59.7 Å². The lowest BCUT2D eigenvalue weighted by atomic mass is 10.0. The van der Waals surface area contributed by atoms with E-state index in [2.05, 4.69) is 10.1 Å². The second kappa shape index (κ2) is 5.46. The average molecular weight is 333 g/mol. The number of epoxide rings is 1. The average Bonchev–Trinajstić information content (AvgIpc) is 3.29. The molecule has 0 saturated carbocycles. The van der Waals surface area contributed by atoms with Crippen molar-refractivity contribution in [2.75, 3.05) is 13.2 Å². The largest absolute Gasteiger partial charge is 0.494 e. The molecule has 0 bridgehead atoms. The second-order valence-corrected chi connectivity index (χ2v) is 6.06. The van der Waals surface area contributed by atoms with Crippen LogP contribution in [0, 0.1) is 0 Å².